The van der Waals surface area contributed by atoms with E-state index >= 15 is 0 Å². The lowest BCUT2D eigenvalue weighted by Gasteiger charge is -2.15. The molecule has 2 aromatic carbocycles. The van der Waals surface area contributed by atoms with Gasteiger partial charge < -0.3 is 15.4 Å². The highest BCUT2D eigenvalue weighted by atomic mass is 79.9. The quantitative estimate of drug-likeness (QED) is 0.697. The van der Waals surface area contributed by atoms with Gasteiger partial charge in [-0.25, -0.2) is 0 Å². The summed E-state index contributed by atoms with van der Waals surface area (Å²) in [5.41, 5.74) is 1.41. The molecule has 1 unspecified atom stereocenters. The average molecular weight is 426 g/mol. The van der Waals surface area contributed by atoms with E-state index in [9.17, 15) is 4.79 Å². The van der Waals surface area contributed by atoms with Gasteiger partial charge >= 0.3 is 0 Å². The number of rotatable bonds is 4. The van der Waals surface area contributed by atoms with Crippen molar-refractivity contribution in [1.29, 1.82) is 0 Å². The van der Waals surface area contributed by atoms with E-state index in [1.807, 2.05) is 30.3 Å². The molecule has 1 saturated heterocycles. The van der Waals surface area contributed by atoms with Crippen molar-refractivity contribution < 1.29 is 9.53 Å². The summed E-state index contributed by atoms with van der Waals surface area (Å²) < 4.78 is 6.31. The summed E-state index contributed by atoms with van der Waals surface area (Å²) in [6.45, 7) is 0. The van der Waals surface area contributed by atoms with E-state index in [0.29, 0.717) is 15.7 Å². The molecule has 2 N–H and O–H groups in total. The smallest absolute Gasteiger partial charge is 0.260 e. The third-order valence-corrected chi connectivity index (χ3v) is 5.14. The molecule has 2 aromatic rings. The van der Waals surface area contributed by atoms with E-state index in [1.165, 1.54) is 11.8 Å². The number of carbonyl (C=O) groups excluding carboxylic acids is 1. The van der Waals surface area contributed by atoms with Crippen LogP contribution in [-0.4, -0.2) is 18.5 Å². The van der Waals surface area contributed by atoms with Gasteiger partial charge in [0.25, 0.3) is 5.91 Å². The highest BCUT2D eigenvalue weighted by Gasteiger charge is 2.27. The van der Waals surface area contributed by atoms with Gasteiger partial charge in [0.2, 0.25) is 0 Å². The van der Waals surface area contributed by atoms with Gasteiger partial charge in [0.05, 0.1) is 17.7 Å². The van der Waals surface area contributed by atoms with Gasteiger partial charge in [-0.05, 0) is 42.0 Å². The van der Waals surface area contributed by atoms with Crippen LogP contribution in [0.4, 0.5) is 5.69 Å². The van der Waals surface area contributed by atoms with Gasteiger partial charge in [-0.15, -0.1) is 0 Å². The van der Waals surface area contributed by atoms with Crippen LogP contribution >= 0.6 is 39.3 Å². The Morgan fingerprint density at radius 3 is 2.75 bits per heavy atom. The van der Waals surface area contributed by atoms with Gasteiger partial charge in [-0.2, -0.15) is 0 Å². The number of nitrogens with one attached hydrogen (secondary N) is 2. The first kappa shape index (κ1) is 17.2. The molecule has 0 saturated carbocycles. The molecule has 1 amide bonds. The van der Waals surface area contributed by atoms with E-state index in [0.717, 1.165) is 15.7 Å². The molecule has 1 atom stereocenters. The summed E-state index contributed by atoms with van der Waals surface area (Å²) in [5, 5.41) is 6.72. The van der Waals surface area contributed by atoms with Gasteiger partial charge in [0.1, 0.15) is 5.75 Å². The number of halogens is 2. The molecule has 24 heavy (non-hydrogen) atoms. The number of hydrogen-bond donors (Lipinski definition) is 2. The zero-order valence-electron chi connectivity index (χ0n) is 12.7. The molecule has 4 nitrogen and oxygen atoms in total. The predicted molar refractivity (Wildman–Crippen MR) is 103 cm³/mol. The molecule has 0 bridgehead atoms. The first-order valence-electron chi connectivity index (χ1n) is 7.10. The molecule has 7 heteroatoms. The van der Waals surface area contributed by atoms with Crippen molar-refractivity contribution in [3.63, 3.8) is 0 Å². The van der Waals surface area contributed by atoms with Crippen LogP contribution in [0.5, 0.6) is 5.75 Å². The number of amides is 1. The standard InChI is InChI=1S/C17H14BrClN2O2S/c1-23-14-7-6-12(19)9-13(14)20-17-21-16(22)15(24-17)8-10-2-4-11(18)5-3-10/h2-9,17,20H,1H3,(H,21,22)/b15-8-. The first-order chi connectivity index (χ1) is 11.5. The molecule has 1 aliphatic rings. The molecular weight excluding hydrogens is 412 g/mol. The lowest BCUT2D eigenvalue weighted by molar-refractivity contribution is -0.116. The SMILES string of the molecule is COc1ccc(Cl)cc1NC1NC(=O)/C(=C/c2ccc(Br)cc2)S1. The van der Waals surface area contributed by atoms with Crippen LogP contribution in [0.2, 0.25) is 5.02 Å². The number of thioether (sulfide) groups is 1. The van der Waals surface area contributed by atoms with Gasteiger partial charge in [-0.1, -0.05) is 51.4 Å². The van der Waals surface area contributed by atoms with Gasteiger partial charge in [0.15, 0.2) is 5.50 Å². The van der Waals surface area contributed by atoms with E-state index in [-0.39, 0.29) is 11.4 Å². The highest BCUT2D eigenvalue weighted by molar-refractivity contribution is 9.10. The minimum Gasteiger partial charge on any atom is -0.495 e. The van der Waals surface area contributed by atoms with E-state index in [1.54, 1.807) is 25.3 Å². The third-order valence-electron chi connectivity index (χ3n) is 3.35. The van der Waals surface area contributed by atoms with Crippen LogP contribution in [0, 0.1) is 0 Å². The molecule has 124 valence electrons. The third kappa shape index (κ3) is 4.06. The molecule has 1 heterocycles. The second kappa shape index (κ2) is 7.51. The van der Waals surface area contributed by atoms with E-state index < -0.39 is 0 Å². The van der Waals surface area contributed by atoms with Crippen molar-refractivity contribution in [2.24, 2.45) is 0 Å². The van der Waals surface area contributed by atoms with Crippen LogP contribution in [0.25, 0.3) is 6.08 Å². The molecule has 1 aliphatic heterocycles. The number of benzene rings is 2. The Bertz CT molecular complexity index is 796. The molecule has 0 aromatic heterocycles. The number of methoxy groups -OCH3 is 1. The minimum absolute atomic E-state index is 0.110. The fraction of sp³-hybridized carbons (Fsp3) is 0.118. The summed E-state index contributed by atoms with van der Waals surface area (Å²) in [6, 6.07) is 13.1. The van der Waals surface area contributed by atoms with Crippen LogP contribution < -0.4 is 15.4 Å². The first-order valence-corrected chi connectivity index (χ1v) is 9.15. The number of hydrogen-bond acceptors (Lipinski definition) is 4. The lowest BCUT2D eigenvalue weighted by atomic mass is 10.2. The summed E-state index contributed by atoms with van der Waals surface area (Å²) in [7, 11) is 1.59. The summed E-state index contributed by atoms with van der Waals surface area (Å²) >= 11 is 10.8. The second-order valence-electron chi connectivity index (χ2n) is 5.02. The molecule has 0 radical (unpaired) electrons. The molecule has 0 spiro atoms. The monoisotopic (exact) mass is 424 g/mol. The molecule has 3 rings (SSSR count). The summed E-state index contributed by atoms with van der Waals surface area (Å²) in [6.07, 6.45) is 1.86. The Kier molecular flexibility index (Phi) is 5.38. The van der Waals surface area contributed by atoms with Gasteiger partial charge in [-0.3, -0.25) is 4.79 Å². The fourth-order valence-electron chi connectivity index (χ4n) is 2.21. The summed E-state index contributed by atoms with van der Waals surface area (Å²) in [5.74, 6) is 0.556. The lowest BCUT2D eigenvalue weighted by Crippen LogP contribution is -2.31. The number of anilines is 1. The van der Waals surface area contributed by atoms with Crippen LogP contribution in [0.15, 0.2) is 51.8 Å². The Morgan fingerprint density at radius 1 is 1.29 bits per heavy atom. The molecule has 1 fully saturated rings. The van der Waals surface area contributed by atoms with Crippen LogP contribution in [-0.2, 0) is 4.79 Å². The molecular formula is C17H14BrClN2O2S. The maximum Gasteiger partial charge on any atom is 0.260 e. The summed E-state index contributed by atoms with van der Waals surface area (Å²) in [4.78, 5) is 12.8. The molecule has 0 aliphatic carbocycles. The zero-order valence-corrected chi connectivity index (χ0v) is 15.8. The minimum atomic E-state index is -0.286. The van der Waals surface area contributed by atoms with Crippen LogP contribution in [0.3, 0.4) is 0 Å². The van der Waals surface area contributed by atoms with E-state index in [4.69, 9.17) is 16.3 Å². The average Bonchev–Trinajstić information content (AvgIpc) is 2.89. The van der Waals surface area contributed by atoms with E-state index in [2.05, 4.69) is 26.6 Å². The van der Waals surface area contributed by atoms with Crippen molar-refractivity contribution in [3.8, 4) is 5.75 Å². The maximum absolute atomic E-state index is 12.2. The topological polar surface area (TPSA) is 50.4 Å². The maximum atomic E-state index is 12.2. The van der Waals surface area contributed by atoms with Crippen molar-refractivity contribution in [2.45, 2.75) is 5.50 Å². The fourth-order valence-corrected chi connectivity index (χ4v) is 3.62. The Balaban J connectivity index is 1.75. The van der Waals surface area contributed by atoms with Crippen LogP contribution in [0.1, 0.15) is 5.56 Å². The van der Waals surface area contributed by atoms with Crippen molar-refractivity contribution in [3.05, 3.63) is 62.4 Å². The zero-order chi connectivity index (χ0) is 17.1. The normalized spacial score (nSPS) is 18.5. The number of carbonyl (C=O) groups is 1. The Labute approximate surface area is 157 Å². The second-order valence-corrected chi connectivity index (χ2v) is 7.52. The predicted octanol–water partition coefficient (Wildman–Crippen LogP) is 4.71. The van der Waals surface area contributed by atoms with Gasteiger partial charge in [0, 0.05) is 9.50 Å². The number of ether oxygens (including phenoxy) is 1. The highest BCUT2D eigenvalue weighted by Crippen LogP contribution is 2.34. The largest absolute Gasteiger partial charge is 0.495 e. The van der Waals surface area contributed by atoms with Crippen molar-refractivity contribution in [1.82, 2.24) is 5.32 Å². The Morgan fingerprint density at radius 2 is 2.04 bits per heavy atom. The Hall–Kier alpha value is -1.63. The van der Waals surface area contributed by atoms with Crippen molar-refractivity contribution >= 4 is 57.0 Å². The van der Waals surface area contributed by atoms with Crippen molar-refractivity contribution in [2.75, 3.05) is 12.4 Å².